The molecule has 11 heteroatoms. The molecule has 0 unspecified atom stereocenters. The molecule has 0 aromatic heterocycles. The predicted molar refractivity (Wildman–Crippen MR) is 99.8 cm³/mol. The first kappa shape index (κ1) is 23.7. The molecule has 28 heavy (non-hydrogen) atoms. The van der Waals surface area contributed by atoms with E-state index in [1.54, 1.807) is 22.9 Å². The third-order valence-corrected chi connectivity index (χ3v) is 4.19. The van der Waals surface area contributed by atoms with Crippen molar-refractivity contribution in [3.05, 3.63) is 12.4 Å². The maximum Gasteiger partial charge on any atom is 0.323 e. The normalized spacial score (nSPS) is 20.1. The zero-order valence-corrected chi connectivity index (χ0v) is 16.1. The van der Waals surface area contributed by atoms with Gasteiger partial charge in [-0.1, -0.05) is 0 Å². The number of carboxylic acid groups (broad SMARTS) is 3. The van der Waals surface area contributed by atoms with Gasteiger partial charge < -0.3 is 30.2 Å². The van der Waals surface area contributed by atoms with Crippen molar-refractivity contribution in [2.45, 2.75) is 13.0 Å². The van der Waals surface area contributed by atoms with Gasteiger partial charge in [0.1, 0.15) is 13.1 Å². The number of hydrogen-bond donors (Lipinski definition) is 4. The Labute approximate surface area is 164 Å². The Bertz CT molecular complexity index is 556. The lowest BCUT2D eigenvalue weighted by Crippen LogP contribution is -2.45. The summed E-state index contributed by atoms with van der Waals surface area (Å²) in [5.41, 5.74) is 0. The molecule has 0 aromatic rings. The summed E-state index contributed by atoms with van der Waals surface area (Å²) in [6, 6.07) is 0. The molecule has 1 aliphatic heterocycles. The van der Waals surface area contributed by atoms with E-state index in [2.05, 4.69) is 0 Å². The van der Waals surface area contributed by atoms with Crippen molar-refractivity contribution in [3.63, 3.8) is 0 Å². The van der Waals surface area contributed by atoms with Crippen LogP contribution in [0.4, 0.5) is 0 Å². The second-order valence-corrected chi connectivity index (χ2v) is 6.85. The molecule has 0 saturated carbocycles. The van der Waals surface area contributed by atoms with E-state index in [-0.39, 0.29) is 26.2 Å². The molecule has 0 fully saturated rings. The number of β-amino-alcohol motifs (C(OH)–C–C–N with tert-alkyl or cyclic N) is 1. The van der Waals surface area contributed by atoms with Gasteiger partial charge in [-0.15, -0.1) is 0 Å². The number of hydrogen-bond acceptors (Lipinski definition) is 8. The topological polar surface area (TPSA) is 145 Å². The largest absolute Gasteiger partial charge is 0.480 e. The standard InChI is InChI=1S/C17H30N4O7/c1-14(22)10-18-2-4-19(11-15(23)24)6-8-21(13-17(27)28)9-7-20(5-3-18)12-16(25)26/h6,8,14,22H,2-5,7,9-13H2,1H3,(H,23,24)(H,25,26)(H,27,28)/b8-6-/t14-/m1/s1. The smallest absolute Gasteiger partial charge is 0.323 e. The van der Waals surface area contributed by atoms with Gasteiger partial charge in [-0.2, -0.15) is 0 Å². The predicted octanol–water partition coefficient (Wildman–Crippen LogP) is -1.69. The molecule has 11 nitrogen and oxygen atoms in total. The fourth-order valence-electron chi connectivity index (χ4n) is 2.90. The second kappa shape index (κ2) is 12.2. The second-order valence-electron chi connectivity index (χ2n) is 6.85. The molecule has 1 atom stereocenters. The van der Waals surface area contributed by atoms with E-state index in [1.165, 1.54) is 11.1 Å². The molecule has 0 radical (unpaired) electrons. The average Bonchev–Trinajstić information content (AvgIpc) is 2.55. The zero-order chi connectivity index (χ0) is 21.1. The Morgan fingerprint density at radius 3 is 1.57 bits per heavy atom. The van der Waals surface area contributed by atoms with Crippen LogP contribution in [-0.4, -0.2) is 129 Å². The van der Waals surface area contributed by atoms with Crippen LogP contribution < -0.4 is 0 Å². The summed E-state index contributed by atoms with van der Waals surface area (Å²) in [6.45, 7) is 3.77. The van der Waals surface area contributed by atoms with Crippen LogP contribution in [-0.2, 0) is 14.4 Å². The molecule has 0 amide bonds. The van der Waals surface area contributed by atoms with Crippen LogP contribution in [0.3, 0.4) is 0 Å². The van der Waals surface area contributed by atoms with Gasteiger partial charge >= 0.3 is 17.9 Å². The quantitative estimate of drug-likeness (QED) is 0.369. The number of rotatable bonds is 8. The van der Waals surface area contributed by atoms with Gasteiger partial charge in [-0.25, -0.2) is 0 Å². The number of carboxylic acids is 3. The molecule has 0 aromatic carbocycles. The fourth-order valence-corrected chi connectivity index (χ4v) is 2.90. The highest BCUT2D eigenvalue weighted by atomic mass is 16.4. The van der Waals surface area contributed by atoms with Crippen LogP contribution in [0, 0.1) is 0 Å². The van der Waals surface area contributed by atoms with E-state index >= 15 is 0 Å². The van der Waals surface area contributed by atoms with Crippen molar-refractivity contribution in [3.8, 4) is 0 Å². The lowest BCUT2D eigenvalue weighted by molar-refractivity contribution is -0.139. The first-order chi connectivity index (χ1) is 13.2. The molecule has 1 aliphatic rings. The minimum atomic E-state index is -1.03. The minimum Gasteiger partial charge on any atom is -0.480 e. The van der Waals surface area contributed by atoms with Crippen molar-refractivity contribution in [2.75, 3.05) is 65.4 Å². The highest BCUT2D eigenvalue weighted by Gasteiger charge is 2.17. The molecule has 0 aliphatic carbocycles. The molecular weight excluding hydrogens is 372 g/mol. The summed E-state index contributed by atoms with van der Waals surface area (Å²) in [5, 5.41) is 37.0. The van der Waals surface area contributed by atoms with Gasteiger partial charge in [0.05, 0.1) is 12.6 Å². The molecule has 0 spiro atoms. The van der Waals surface area contributed by atoms with Gasteiger partial charge in [0.2, 0.25) is 0 Å². The Hall–Kier alpha value is -2.37. The average molecular weight is 402 g/mol. The van der Waals surface area contributed by atoms with Gasteiger partial charge in [-0.05, 0) is 6.92 Å². The molecule has 0 saturated heterocycles. The van der Waals surface area contributed by atoms with E-state index in [0.717, 1.165) is 0 Å². The Morgan fingerprint density at radius 2 is 1.14 bits per heavy atom. The third-order valence-electron chi connectivity index (χ3n) is 4.19. The number of aliphatic hydroxyl groups excluding tert-OH is 1. The maximum absolute atomic E-state index is 11.1. The van der Waals surface area contributed by atoms with Gasteiger partial charge in [0.25, 0.3) is 0 Å². The van der Waals surface area contributed by atoms with E-state index < -0.39 is 24.0 Å². The first-order valence-electron chi connectivity index (χ1n) is 9.10. The SMILES string of the molecule is C[C@@H](O)CN1CCN(CC(=O)O)/C=C\N(CC(=O)O)CCN(CC(=O)O)CC1. The van der Waals surface area contributed by atoms with Gasteiger partial charge in [-0.3, -0.25) is 24.2 Å². The lowest BCUT2D eigenvalue weighted by atomic mass is 10.3. The van der Waals surface area contributed by atoms with Crippen LogP contribution in [0.15, 0.2) is 12.4 Å². The highest BCUT2D eigenvalue weighted by Crippen LogP contribution is 2.03. The van der Waals surface area contributed by atoms with Crippen LogP contribution in [0.2, 0.25) is 0 Å². The van der Waals surface area contributed by atoms with Crippen LogP contribution in [0.25, 0.3) is 0 Å². The van der Waals surface area contributed by atoms with E-state index in [0.29, 0.717) is 39.3 Å². The van der Waals surface area contributed by atoms with Crippen molar-refractivity contribution in [1.82, 2.24) is 19.6 Å². The highest BCUT2D eigenvalue weighted by molar-refractivity contribution is 5.70. The molecule has 4 N–H and O–H groups in total. The van der Waals surface area contributed by atoms with Gasteiger partial charge in [0, 0.05) is 58.2 Å². The number of aliphatic carboxylic acids is 3. The Balaban J connectivity index is 2.99. The van der Waals surface area contributed by atoms with Crippen LogP contribution >= 0.6 is 0 Å². The zero-order valence-electron chi connectivity index (χ0n) is 16.1. The van der Waals surface area contributed by atoms with Crippen molar-refractivity contribution < 1.29 is 34.8 Å². The Morgan fingerprint density at radius 1 is 0.750 bits per heavy atom. The fraction of sp³-hybridized carbons (Fsp3) is 0.706. The summed E-state index contributed by atoms with van der Waals surface area (Å²) in [4.78, 5) is 40.1. The van der Waals surface area contributed by atoms with Crippen molar-refractivity contribution >= 4 is 17.9 Å². The number of nitrogens with zero attached hydrogens (tertiary/aromatic N) is 4. The van der Waals surface area contributed by atoms with Crippen LogP contribution in [0.1, 0.15) is 6.92 Å². The summed E-state index contributed by atoms with van der Waals surface area (Å²) in [6.07, 6.45) is 2.49. The summed E-state index contributed by atoms with van der Waals surface area (Å²) >= 11 is 0. The monoisotopic (exact) mass is 402 g/mol. The first-order valence-corrected chi connectivity index (χ1v) is 9.10. The summed E-state index contributed by atoms with van der Waals surface area (Å²) in [5.74, 6) is -3.01. The number of carbonyl (C=O) groups is 3. The van der Waals surface area contributed by atoms with Crippen molar-refractivity contribution in [1.29, 1.82) is 0 Å². The summed E-state index contributed by atoms with van der Waals surface area (Å²) in [7, 11) is 0. The number of aliphatic hydroxyl groups is 1. The van der Waals surface area contributed by atoms with Crippen LogP contribution in [0.5, 0.6) is 0 Å². The summed E-state index contributed by atoms with van der Waals surface area (Å²) < 4.78 is 0. The maximum atomic E-state index is 11.1. The molecule has 1 heterocycles. The third kappa shape index (κ3) is 10.7. The lowest BCUT2D eigenvalue weighted by Gasteiger charge is -2.32. The molecule has 160 valence electrons. The van der Waals surface area contributed by atoms with E-state index in [4.69, 9.17) is 15.3 Å². The van der Waals surface area contributed by atoms with E-state index in [9.17, 15) is 19.5 Å². The van der Waals surface area contributed by atoms with Gasteiger partial charge in [0.15, 0.2) is 0 Å². The molecule has 1 rings (SSSR count). The van der Waals surface area contributed by atoms with E-state index in [1.807, 2.05) is 4.90 Å². The molecule has 0 bridgehead atoms. The molecular formula is C17H30N4O7. The Kier molecular flexibility index (Phi) is 10.3. The minimum absolute atomic E-state index is 0.168. The van der Waals surface area contributed by atoms with Crippen molar-refractivity contribution in [2.24, 2.45) is 0 Å².